The number of nitrogens with one attached hydrogen (secondary N) is 6. The minimum Gasteiger partial charge on any atom is -0.744 e. The van der Waals surface area contributed by atoms with E-state index >= 15 is 0 Å². The van der Waals surface area contributed by atoms with E-state index in [1.165, 1.54) is 12.1 Å². The first-order chi connectivity index (χ1) is 33.3. The first-order valence-corrected chi connectivity index (χ1v) is 27.8. The van der Waals surface area contributed by atoms with E-state index in [-0.39, 0.29) is 225 Å². The quantitative estimate of drug-likeness (QED) is 0.0235. The summed E-state index contributed by atoms with van der Waals surface area (Å²) in [7, 11) is -31.6. The van der Waals surface area contributed by atoms with Crippen LogP contribution in [0.15, 0.2) is 102 Å². The third-order valence-corrected chi connectivity index (χ3v) is 14.2. The molecule has 78 heavy (non-hydrogen) atoms. The zero-order valence-corrected chi connectivity index (χ0v) is 58.9. The number of benzene rings is 4. The summed E-state index contributed by atoms with van der Waals surface area (Å²) in [6.07, 6.45) is 1.96. The molecule has 0 saturated heterocycles. The SMILES string of the molecule is CCNc1nc(Nc2ccc(/C=C/c3ccc(Nc4nc(NCC)nc(Nc5cc(S(=O)(=O)[O-])ccc5S(=O)(=O)[O-])n4)cc3S(=O)(=O)[O-])c(S(=O)(=O)[O-])c2)nc(Nc2cc(S(=O)(=O)[O-])ccc2S(=O)(=O)[O-])n1.[Na+].[Na+].[Na+].[Na+].[Na+].[Na+]. The van der Waals surface area contributed by atoms with E-state index in [4.69, 9.17) is 0 Å². The monoisotopic (exact) mass is 1250 g/mol. The Balaban J connectivity index is 0.00000988. The van der Waals surface area contributed by atoms with E-state index in [1.54, 1.807) is 13.8 Å². The Hall–Kier alpha value is -1.10. The van der Waals surface area contributed by atoms with Crippen molar-refractivity contribution in [3.8, 4) is 0 Å². The van der Waals surface area contributed by atoms with Gasteiger partial charge in [-0.3, -0.25) is 0 Å². The Morgan fingerprint density at radius 1 is 0.359 bits per heavy atom. The van der Waals surface area contributed by atoms with Crippen molar-refractivity contribution in [1.82, 2.24) is 29.9 Å². The van der Waals surface area contributed by atoms with Crippen LogP contribution in [-0.4, -0.2) is 121 Å². The Morgan fingerprint density at radius 2 is 0.641 bits per heavy atom. The van der Waals surface area contributed by atoms with Gasteiger partial charge in [0, 0.05) is 24.5 Å². The Morgan fingerprint density at radius 3 is 0.910 bits per heavy atom. The Kier molecular flexibility index (Phi) is 30.7. The molecule has 4 aromatic carbocycles. The molecule has 0 atom stereocenters. The van der Waals surface area contributed by atoms with Crippen molar-refractivity contribution in [2.24, 2.45) is 0 Å². The van der Waals surface area contributed by atoms with Crippen LogP contribution in [0, 0.1) is 0 Å². The molecule has 6 N–H and O–H groups in total. The average Bonchev–Trinajstić information content (AvgIpc) is 3.24. The molecular weight excluding hydrogens is 1220 g/mol. The van der Waals surface area contributed by atoms with Gasteiger partial charge >= 0.3 is 177 Å². The fraction of sp³-hybridized carbons (Fsp3) is 0.111. The molecule has 384 valence electrons. The molecule has 0 aliphatic rings. The molecular formula is C36H30N12Na6O18S6. The third-order valence-electron chi connectivity index (χ3n) is 8.97. The van der Waals surface area contributed by atoms with Crippen LogP contribution in [0.25, 0.3) is 12.2 Å². The molecule has 0 aliphatic carbocycles. The van der Waals surface area contributed by atoms with Crippen molar-refractivity contribution >= 4 is 131 Å². The van der Waals surface area contributed by atoms with Crippen LogP contribution in [0.4, 0.5) is 58.4 Å². The molecule has 6 aromatic rings. The normalized spacial score (nSPS) is 11.6. The number of nitrogens with zero attached hydrogens (tertiary/aromatic N) is 6. The second-order valence-electron chi connectivity index (χ2n) is 14.1. The summed E-state index contributed by atoms with van der Waals surface area (Å²) in [6, 6.07) is 9.63. The molecule has 0 radical (unpaired) electrons. The van der Waals surface area contributed by atoms with E-state index in [1.807, 2.05) is 0 Å². The Bertz CT molecular complexity index is 3650. The van der Waals surface area contributed by atoms with Crippen LogP contribution >= 0.6 is 0 Å². The smallest absolute Gasteiger partial charge is 0.744 e. The summed E-state index contributed by atoms with van der Waals surface area (Å²) in [5.74, 6) is -2.37. The molecule has 0 bridgehead atoms. The molecule has 0 amide bonds. The van der Waals surface area contributed by atoms with Crippen LogP contribution in [0.3, 0.4) is 0 Å². The van der Waals surface area contributed by atoms with Gasteiger partial charge in [0.05, 0.1) is 40.7 Å². The van der Waals surface area contributed by atoms with Crippen molar-refractivity contribution in [2.45, 2.75) is 43.2 Å². The molecule has 0 saturated carbocycles. The van der Waals surface area contributed by atoms with Crippen LogP contribution < -0.4 is 209 Å². The molecule has 0 aliphatic heterocycles. The molecule has 0 unspecified atom stereocenters. The summed E-state index contributed by atoms with van der Waals surface area (Å²) in [4.78, 5) is 18.5. The zero-order valence-electron chi connectivity index (χ0n) is 42.0. The van der Waals surface area contributed by atoms with Crippen LogP contribution in [0.1, 0.15) is 25.0 Å². The first kappa shape index (κ1) is 76.9. The van der Waals surface area contributed by atoms with Gasteiger partial charge in [-0.25, -0.2) is 50.5 Å². The second-order valence-corrected chi connectivity index (χ2v) is 22.2. The average molecular weight is 1250 g/mol. The van der Waals surface area contributed by atoms with Crippen LogP contribution in [-0.2, 0) is 60.7 Å². The predicted octanol–water partition coefficient (Wildman–Crippen LogP) is -16.5. The zero-order chi connectivity index (χ0) is 53.2. The molecule has 6 rings (SSSR count). The van der Waals surface area contributed by atoms with Crippen molar-refractivity contribution in [1.29, 1.82) is 0 Å². The van der Waals surface area contributed by atoms with Gasteiger partial charge in [-0.1, -0.05) is 24.3 Å². The van der Waals surface area contributed by atoms with Gasteiger partial charge in [0.15, 0.2) is 0 Å². The van der Waals surface area contributed by atoms with Crippen molar-refractivity contribution in [3.63, 3.8) is 0 Å². The maximum absolute atomic E-state index is 12.6. The fourth-order valence-electron chi connectivity index (χ4n) is 6.02. The van der Waals surface area contributed by atoms with Gasteiger partial charge in [0.2, 0.25) is 35.7 Å². The summed E-state index contributed by atoms with van der Waals surface area (Å²) >= 11 is 0. The predicted molar refractivity (Wildman–Crippen MR) is 244 cm³/mol. The van der Waals surface area contributed by atoms with E-state index in [0.717, 1.165) is 36.4 Å². The maximum Gasteiger partial charge on any atom is 1.00 e. The van der Waals surface area contributed by atoms with Crippen molar-refractivity contribution < 1.29 is 255 Å². The van der Waals surface area contributed by atoms with Gasteiger partial charge in [0.1, 0.15) is 60.7 Å². The third kappa shape index (κ3) is 21.5. The van der Waals surface area contributed by atoms with E-state index < -0.39 is 125 Å². The topological polar surface area (TPSA) is 493 Å². The molecule has 30 nitrogen and oxygen atoms in total. The van der Waals surface area contributed by atoms with Gasteiger partial charge < -0.3 is 59.2 Å². The summed E-state index contributed by atoms with van der Waals surface area (Å²) < 4.78 is 217. The Labute approximate surface area is 579 Å². The summed E-state index contributed by atoms with van der Waals surface area (Å²) in [5, 5.41) is 15.3. The van der Waals surface area contributed by atoms with Crippen molar-refractivity contribution in [2.75, 3.05) is 45.0 Å². The molecule has 2 aromatic heterocycles. The number of hydrogen-bond acceptors (Lipinski definition) is 30. The largest absolute Gasteiger partial charge is 1.00 e. The number of hydrogen-bond donors (Lipinski definition) is 6. The first-order valence-electron chi connectivity index (χ1n) is 19.4. The number of anilines is 10. The molecule has 0 spiro atoms. The van der Waals surface area contributed by atoms with Crippen LogP contribution in [0.5, 0.6) is 0 Å². The standard InChI is InChI=1S/C36H36N12O18S6.6Na/c1-3-37-31-43-33(47-35(45-31)41-25-17-23(67(49,50)51)11-13-27(25)69(55,56)57)39-21-9-7-19(29(15-21)71(61,62)63)5-6-20-8-10-22(16-30(20)72(64,65)66)40-34-44-32(38-4-2)46-36(48-34)42-26-18-24(68(52,53)54)12-14-28(26)70(58,59)60;;;;;;/h5-18H,3-4H2,1-2H3,(H,49,50,51)(H,52,53,54)(H,55,56,57)(H,58,59,60)(H,61,62,63)(H,64,65,66)(H3,37,39,41,43,45,47)(H3,38,40,42,44,46,48);;;;;;/q;6*+1/p-6/b6-5+;;;;;;. The molecule has 42 heteroatoms. The fourth-order valence-corrected chi connectivity index (χ4v) is 9.64. The van der Waals surface area contributed by atoms with Gasteiger partial charge in [-0.15, -0.1) is 0 Å². The van der Waals surface area contributed by atoms with Crippen LogP contribution in [0.2, 0.25) is 0 Å². The number of rotatable bonds is 20. The maximum atomic E-state index is 12.6. The van der Waals surface area contributed by atoms with E-state index in [2.05, 4.69) is 61.8 Å². The minimum atomic E-state index is -5.37. The summed E-state index contributed by atoms with van der Waals surface area (Å²) in [6.45, 7) is 3.60. The minimum absolute atomic E-state index is 0. The van der Waals surface area contributed by atoms with Crippen molar-refractivity contribution in [3.05, 3.63) is 83.9 Å². The van der Waals surface area contributed by atoms with Gasteiger partial charge in [-0.05, 0) is 85.6 Å². The molecule has 0 fully saturated rings. The van der Waals surface area contributed by atoms with Gasteiger partial charge in [0.25, 0.3) is 0 Å². The molecule has 2 heterocycles. The van der Waals surface area contributed by atoms with E-state index in [9.17, 15) is 77.8 Å². The van der Waals surface area contributed by atoms with E-state index in [0.29, 0.717) is 36.4 Å². The van der Waals surface area contributed by atoms with Gasteiger partial charge in [-0.2, -0.15) is 29.9 Å². The summed E-state index contributed by atoms with van der Waals surface area (Å²) in [5.41, 5.74) is -2.49. The number of aromatic nitrogens is 6. The second kappa shape index (κ2) is 31.2.